The van der Waals surface area contributed by atoms with Gasteiger partial charge < -0.3 is 14.8 Å². The second-order valence-electron chi connectivity index (χ2n) is 7.31. The van der Waals surface area contributed by atoms with Gasteiger partial charge in [0.05, 0.1) is 30.9 Å². The molecule has 3 aromatic carbocycles. The Bertz CT molecular complexity index is 1200. The van der Waals surface area contributed by atoms with Crippen LogP contribution < -0.4 is 14.8 Å². The maximum atomic E-state index is 13.0. The van der Waals surface area contributed by atoms with Crippen molar-refractivity contribution in [1.29, 1.82) is 0 Å². The molecule has 7 heteroatoms. The van der Waals surface area contributed by atoms with Crippen LogP contribution in [0, 0.1) is 6.92 Å². The highest BCUT2D eigenvalue weighted by molar-refractivity contribution is 8.01. The molecule has 1 aliphatic rings. The lowest BCUT2D eigenvalue weighted by molar-refractivity contribution is -0.116. The van der Waals surface area contributed by atoms with Crippen molar-refractivity contribution in [3.63, 3.8) is 0 Å². The number of nitrogens with zero attached hydrogens (tertiary/aromatic N) is 1. The Balaban J connectivity index is 1.65. The second kappa shape index (κ2) is 9.67. The van der Waals surface area contributed by atoms with Crippen LogP contribution in [0.25, 0.3) is 0 Å². The molecule has 1 heterocycles. The van der Waals surface area contributed by atoms with Gasteiger partial charge in [0.2, 0.25) is 5.91 Å². The molecule has 3 aromatic rings. The molecule has 0 saturated heterocycles. The van der Waals surface area contributed by atoms with Crippen LogP contribution in [0.4, 0.5) is 11.4 Å². The monoisotopic (exact) mass is 466 g/mol. The SMILES string of the molecule is COc1ccc(C2=Nc3ccccc3S[C@H]2CC(=O)Nc2cccc(Cl)c2C)cc1OC. The molecule has 1 aliphatic heterocycles. The second-order valence-corrected chi connectivity index (χ2v) is 8.96. The molecule has 0 spiro atoms. The summed E-state index contributed by atoms with van der Waals surface area (Å²) < 4.78 is 10.8. The summed E-state index contributed by atoms with van der Waals surface area (Å²) in [5, 5.41) is 3.46. The molecule has 0 fully saturated rings. The third-order valence-electron chi connectivity index (χ3n) is 5.27. The van der Waals surface area contributed by atoms with Crippen molar-refractivity contribution in [1.82, 2.24) is 0 Å². The van der Waals surface area contributed by atoms with E-state index in [2.05, 4.69) is 5.32 Å². The van der Waals surface area contributed by atoms with Gasteiger partial charge in [-0.05, 0) is 55.0 Å². The lowest BCUT2D eigenvalue weighted by Crippen LogP contribution is -2.27. The molecule has 5 nitrogen and oxygen atoms in total. The molecule has 0 aliphatic carbocycles. The lowest BCUT2D eigenvalue weighted by atomic mass is 10.0. The number of rotatable bonds is 6. The van der Waals surface area contributed by atoms with E-state index < -0.39 is 0 Å². The number of aliphatic imine (C=N–C) groups is 1. The van der Waals surface area contributed by atoms with Crippen LogP contribution in [-0.2, 0) is 4.79 Å². The molecule has 32 heavy (non-hydrogen) atoms. The number of hydrogen-bond acceptors (Lipinski definition) is 5. The summed E-state index contributed by atoms with van der Waals surface area (Å²) in [7, 11) is 3.21. The number of benzene rings is 3. The van der Waals surface area contributed by atoms with Crippen molar-refractivity contribution >= 4 is 46.4 Å². The Morgan fingerprint density at radius 1 is 1.06 bits per heavy atom. The van der Waals surface area contributed by atoms with Crippen LogP contribution in [0.15, 0.2) is 70.6 Å². The van der Waals surface area contributed by atoms with E-state index in [1.807, 2.05) is 67.6 Å². The molecule has 0 saturated carbocycles. The maximum Gasteiger partial charge on any atom is 0.225 e. The lowest BCUT2D eigenvalue weighted by Gasteiger charge is -2.25. The van der Waals surface area contributed by atoms with Crippen LogP contribution in [0.2, 0.25) is 5.02 Å². The fourth-order valence-corrected chi connectivity index (χ4v) is 4.96. The number of halogens is 1. The number of nitrogens with one attached hydrogen (secondary N) is 1. The van der Waals surface area contributed by atoms with Crippen molar-refractivity contribution in [2.75, 3.05) is 19.5 Å². The molecule has 1 amide bonds. The van der Waals surface area contributed by atoms with E-state index in [1.165, 1.54) is 0 Å². The highest BCUT2D eigenvalue weighted by Gasteiger charge is 2.28. The van der Waals surface area contributed by atoms with Gasteiger partial charge in [-0.1, -0.05) is 29.8 Å². The van der Waals surface area contributed by atoms with Gasteiger partial charge in [0.15, 0.2) is 11.5 Å². The van der Waals surface area contributed by atoms with Crippen molar-refractivity contribution in [2.24, 2.45) is 4.99 Å². The van der Waals surface area contributed by atoms with Crippen molar-refractivity contribution < 1.29 is 14.3 Å². The number of methoxy groups -OCH3 is 2. The first-order chi connectivity index (χ1) is 15.5. The summed E-state index contributed by atoms with van der Waals surface area (Å²) in [6.07, 6.45) is 0.262. The van der Waals surface area contributed by atoms with Crippen molar-refractivity contribution in [3.05, 3.63) is 76.8 Å². The molecular formula is C25H23ClN2O3S. The number of carbonyl (C=O) groups is 1. The Morgan fingerprint density at radius 3 is 2.62 bits per heavy atom. The van der Waals surface area contributed by atoms with Crippen LogP contribution in [-0.4, -0.2) is 31.1 Å². The quantitative estimate of drug-likeness (QED) is 0.463. The van der Waals surface area contributed by atoms with Crippen LogP contribution >= 0.6 is 23.4 Å². The zero-order valence-electron chi connectivity index (χ0n) is 18.0. The zero-order valence-corrected chi connectivity index (χ0v) is 19.6. The fourth-order valence-electron chi connectivity index (χ4n) is 3.56. The minimum absolute atomic E-state index is 0.0968. The number of para-hydroxylation sites is 1. The normalized spacial score (nSPS) is 14.9. The van der Waals surface area contributed by atoms with E-state index >= 15 is 0 Å². The number of thioether (sulfide) groups is 1. The largest absolute Gasteiger partial charge is 0.493 e. The van der Waals surface area contributed by atoms with E-state index in [0.717, 1.165) is 27.4 Å². The summed E-state index contributed by atoms with van der Waals surface area (Å²) >= 11 is 7.85. The number of anilines is 1. The number of carbonyl (C=O) groups excluding carboxylic acids is 1. The smallest absolute Gasteiger partial charge is 0.225 e. The third kappa shape index (κ3) is 4.61. The molecule has 0 bridgehead atoms. The molecule has 164 valence electrons. The van der Waals surface area contributed by atoms with Gasteiger partial charge in [-0.2, -0.15) is 0 Å². The minimum Gasteiger partial charge on any atom is -0.493 e. The van der Waals surface area contributed by atoms with Crippen LogP contribution in [0.3, 0.4) is 0 Å². The number of fused-ring (bicyclic) bond motifs is 1. The predicted molar refractivity (Wildman–Crippen MR) is 131 cm³/mol. The van der Waals surface area contributed by atoms with Gasteiger partial charge in [0.1, 0.15) is 0 Å². The topological polar surface area (TPSA) is 59.9 Å². The van der Waals surface area contributed by atoms with Gasteiger partial charge in [-0.15, -0.1) is 11.8 Å². The average molecular weight is 467 g/mol. The van der Waals surface area contributed by atoms with Crippen LogP contribution in [0.5, 0.6) is 11.5 Å². The molecule has 0 radical (unpaired) electrons. The Hall–Kier alpha value is -2.96. The Kier molecular flexibility index (Phi) is 6.72. The molecule has 1 atom stereocenters. The average Bonchev–Trinajstić information content (AvgIpc) is 2.81. The molecule has 4 rings (SSSR count). The zero-order chi connectivity index (χ0) is 22.7. The van der Waals surface area contributed by atoms with E-state index in [0.29, 0.717) is 22.2 Å². The van der Waals surface area contributed by atoms with Gasteiger partial charge in [-0.3, -0.25) is 9.79 Å². The Morgan fingerprint density at radius 2 is 1.84 bits per heavy atom. The number of hydrogen-bond donors (Lipinski definition) is 1. The predicted octanol–water partition coefficient (Wildman–Crippen LogP) is 6.29. The molecule has 1 N–H and O–H groups in total. The molecule has 0 unspecified atom stereocenters. The number of ether oxygens (including phenoxy) is 2. The van der Waals surface area contributed by atoms with Crippen LogP contribution in [0.1, 0.15) is 17.5 Å². The first kappa shape index (κ1) is 22.2. The standard InChI is InChI=1S/C25H23ClN2O3S/c1-15-17(26)7-6-9-18(15)27-24(29)14-23-25(28-19-8-4-5-10-22(19)32-23)16-11-12-20(30-2)21(13-16)31-3/h4-13,23H,14H2,1-3H3,(H,27,29)/t23-/m0/s1. The van der Waals surface area contributed by atoms with E-state index in [9.17, 15) is 4.79 Å². The summed E-state index contributed by atoms with van der Waals surface area (Å²) in [6.45, 7) is 1.89. The summed E-state index contributed by atoms with van der Waals surface area (Å²) in [6, 6.07) is 19.1. The van der Waals surface area contributed by atoms with E-state index in [-0.39, 0.29) is 17.6 Å². The number of amides is 1. The third-order valence-corrected chi connectivity index (χ3v) is 6.96. The summed E-state index contributed by atoms with van der Waals surface area (Å²) in [5.74, 6) is 1.17. The van der Waals surface area contributed by atoms with E-state index in [4.69, 9.17) is 26.1 Å². The summed E-state index contributed by atoms with van der Waals surface area (Å²) in [5.41, 5.74) is 4.17. The van der Waals surface area contributed by atoms with Gasteiger partial charge in [0, 0.05) is 27.6 Å². The Labute approximate surface area is 196 Å². The van der Waals surface area contributed by atoms with E-state index in [1.54, 1.807) is 26.0 Å². The van der Waals surface area contributed by atoms with Gasteiger partial charge >= 0.3 is 0 Å². The highest BCUT2D eigenvalue weighted by Crippen LogP contribution is 2.41. The van der Waals surface area contributed by atoms with Gasteiger partial charge in [-0.25, -0.2) is 0 Å². The minimum atomic E-state index is -0.164. The molecular weight excluding hydrogens is 444 g/mol. The van der Waals surface area contributed by atoms with Crippen molar-refractivity contribution in [3.8, 4) is 11.5 Å². The van der Waals surface area contributed by atoms with Crippen molar-refractivity contribution in [2.45, 2.75) is 23.5 Å². The highest BCUT2D eigenvalue weighted by atomic mass is 35.5. The van der Waals surface area contributed by atoms with Gasteiger partial charge in [0.25, 0.3) is 0 Å². The first-order valence-corrected chi connectivity index (χ1v) is 11.4. The maximum absolute atomic E-state index is 13.0. The molecule has 0 aromatic heterocycles. The first-order valence-electron chi connectivity index (χ1n) is 10.1. The fraction of sp³-hybridized carbons (Fsp3) is 0.200. The summed E-state index contributed by atoms with van der Waals surface area (Å²) in [4.78, 5) is 19.0.